The topological polar surface area (TPSA) is 76.8 Å². The Morgan fingerprint density at radius 3 is 2.67 bits per heavy atom. The van der Waals surface area contributed by atoms with Gasteiger partial charge in [0.15, 0.2) is 0 Å². The molecule has 2 amide bonds. The fourth-order valence-corrected chi connectivity index (χ4v) is 1.56. The van der Waals surface area contributed by atoms with E-state index in [0.29, 0.717) is 13.0 Å². The van der Waals surface area contributed by atoms with Crippen molar-refractivity contribution in [2.75, 3.05) is 27.8 Å². The second kappa shape index (κ2) is 6.70. The van der Waals surface area contributed by atoms with Gasteiger partial charge in [0.25, 0.3) is 0 Å². The van der Waals surface area contributed by atoms with Crippen LogP contribution in [0.25, 0.3) is 0 Å². The van der Waals surface area contributed by atoms with Crippen molar-refractivity contribution in [3.05, 3.63) is 23.8 Å². The van der Waals surface area contributed by atoms with Crippen LogP contribution in [0.1, 0.15) is 5.56 Å². The summed E-state index contributed by atoms with van der Waals surface area (Å²) in [5.74, 6) is 6.54. The van der Waals surface area contributed by atoms with Crippen LogP contribution in [0.5, 0.6) is 11.5 Å². The summed E-state index contributed by atoms with van der Waals surface area (Å²) >= 11 is 0. The smallest absolute Gasteiger partial charge is 0.331 e. The van der Waals surface area contributed by atoms with Gasteiger partial charge in [-0.2, -0.15) is 0 Å². The van der Waals surface area contributed by atoms with Gasteiger partial charge in [0.1, 0.15) is 11.5 Å². The lowest BCUT2D eigenvalue weighted by molar-refractivity contribution is 0.209. The van der Waals surface area contributed by atoms with Crippen LogP contribution >= 0.6 is 0 Å². The summed E-state index contributed by atoms with van der Waals surface area (Å²) in [4.78, 5) is 12.7. The molecule has 0 bridgehead atoms. The van der Waals surface area contributed by atoms with E-state index in [4.69, 9.17) is 15.3 Å². The number of methoxy groups -OCH3 is 2. The molecule has 18 heavy (non-hydrogen) atoms. The van der Waals surface area contributed by atoms with E-state index in [1.807, 2.05) is 18.2 Å². The number of hydrogen-bond donors (Lipinski definition) is 2. The summed E-state index contributed by atoms with van der Waals surface area (Å²) < 4.78 is 10.4. The molecule has 0 aliphatic rings. The number of carbonyl (C=O) groups is 1. The minimum absolute atomic E-state index is 0.317. The molecule has 0 spiro atoms. The Labute approximate surface area is 107 Å². The van der Waals surface area contributed by atoms with Crippen LogP contribution in [0.4, 0.5) is 4.79 Å². The lowest BCUT2D eigenvalue weighted by Gasteiger charge is -2.17. The van der Waals surface area contributed by atoms with E-state index in [1.54, 1.807) is 21.3 Å². The third kappa shape index (κ3) is 3.53. The lowest BCUT2D eigenvalue weighted by Crippen LogP contribution is -2.41. The summed E-state index contributed by atoms with van der Waals surface area (Å²) in [7, 11) is 4.89. The largest absolute Gasteiger partial charge is 0.497 e. The molecule has 100 valence electrons. The number of rotatable bonds is 5. The molecule has 0 unspecified atom stereocenters. The maximum atomic E-state index is 11.2. The first-order valence-corrected chi connectivity index (χ1v) is 5.55. The summed E-state index contributed by atoms with van der Waals surface area (Å²) in [6.45, 7) is 0.547. The van der Waals surface area contributed by atoms with Crippen LogP contribution in [0.15, 0.2) is 18.2 Å². The second-order valence-corrected chi connectivity index (χ2v) is 3.80. The standard InChI is InChI=1S/C12H19N3O3/c1-15(12(16)14-13)7-6-9-4-5-10(17-2)8-11(9)18-3/h4-5,8H,6-7,13H2,1-3H3,(H,14,16). The van der Waals surface area contributed by atoms with E-state index >= 15 is 0 Å². The van der Waals surface area contributed by atoms with Crippen molar-refractivity contribution in [3.63, 3.8) is 0 Å². The lowest BCUT2D eigenvalue weighted by atomic mass is 10.1. The highest BCUT2D eigenvalue weighted by Crippen LogP contribution is 2.24. The Kier molecular flexibility index (Phi) is 5.26. The summed E-state index contributed by atoms with van der Waals surface area (Å²) in [5, 5.41) is 0. The highest BCUT2D eigenvalue weighted by Gasteiger charge is 2.09. The molecule has 0 radical (unpaired) electrons. The van der Waals surface area contributed by atoms with Gasteiger partial charge >= 0.3 is 6.03 Å². The predicted molar refractivity (Wildman–Crippen MR) is 68.6 cm³/mol. The van der Waals surface area contributed by atoms with E-state index in [0.717, 1.165) is 17.1 Å². The zero-order valence-electron chi connectivity index (χ0n) is 10.9. The van der Waals surface area contributed by atoms with E-state index in [9.17, 15) is 4.79 Å². The second-order valence-electron chi connectivity index (χ2n) is 3.80. The molecule has 0 saturated carbocycles. The molecule has 0 aliphatic carbocycles. The van der Waals surface area contributed by atoms with Crippen LogP contribution in [-0.2, 0) is 6.42 Å². The molecular weight excluding hydrogens is 234 g/mol. The normalized spacial score (nSPS) is 9.78. The molecule has 0 aliphatic heterocycles. The van der Waals surface area contributed by atoms with Crippen molar-refractivity contribution in [1.82, 2.24) is 10.3 Å². The van der Waals surface area contributed by atoms with E-state index in [1.165, 1.54) is 4.90 Å². The molecule has 6 nitrogen and oxygen atoms in total. The summed E-state index contributed by atoms with van der Waals surface area (Å²) in [5.41, 5.74) is 3.09. The fourth-order valence-electron chi connectivity index (χ4n) is 1.56. The maximum absolute atomic E-state index is 11.2. The van der Waals surface area contributed by atoms with Gasteiger partial charge in [0.2, 0.25) is 0 Å². The number of ether oxygens (including phenoxy) is 2. The number of nitrogens with zero attached hydrogens (tertiary/aromatic N) is 1. The zero-order valence-corrected chi connectivity index (χ0v) is 10.9. The van der Waals surface area contributed by atoms with Crippen molar-refractivity contribution >= 4 is 6.03 Å². The number of amides is 2. The number of carbonyl (C=O) groups excluding carboxylic acids is 1. The first-order chi connectivity index (χ1) is 8.62. The molecule has 0 fully saturated rings. The molecular formula is C12H19N3O3. The molecule has 1 aromatic rings. The van der Waals surface area contributed by atoms with Gasteiger partial charge in [-0.05, 0) is 18.1 Å². The van der Waals surface area contributed by atoms with Crippen LogP contribution in [0.3, 0.4) is 0 Å². The molecule has 0 saturated heterocycles. The van der Waals surface area contributed by atoms with Crippen molar-refractivity contribution in [2.24, 2.45) is 5.84 Å². The van der Waals surface area contributed by atoms with Crippen molar-refractivity contribution in [1.29, 1.82) is 0 Å². The predicted octanol–water partition coefficient (Wildman–Crippen LogP) is 0.761. The number of urea groups is 1. The molecule has 0 heterocycles. The van der Waals surface area contributed by atoms with Crippen LogP contribution in [-0.4, -0.2) is 38.7 Å². The van der Waals surface area contributed by atoms with Crippen molar-refractivity contribution < 1.29 is 14.3 Å². The van der Waals surface area contributed by atoms with Gasteiger partial charge in [-0.3, -0.25) is 5.43 Å². The zero-order chi connectivity index (χ0) is 13.5. The van der Waals surface area contributed by atoms with Crippen molar-refractivity contribution in [3.8, 4) is 11.5 Å². The van der Waals surface area contributed by atoms with Crippen molar-refractivity contribution in [2.45, 2.75) is 6.42 Å². The summed E-state index contributed by atoms with van der Waals surface area (Å²) in [6.07, 6.45) is 0.678. The first-order valence-electron chi connectivity index (χ1n) is 5.55. The Bertz CT molecular complexity index is 410. The SMILES string of the molecule is COc1ccc(CCN(C)C(=O)NN)c(OC)c1. The van der Waals surface area contributed by atoms with Gasteiger partial charge in [0, 0.05) is 19.7 Å². The van der Waals surface area contributed by atoms with Gasteiger partial charge in [-0.1, -0.05) is 6.07 Å². The highest BCUT2D eigenvalue weighted by atomic mass is 16.5. The Hall–Kier alpha value is -1.95. The highest BCUT2D eigenvalue weighted by molar-refractivity contribution is 5.73. The van der Waals surface area contributed by atoms with E-state index in [2.05, 4.69) is 5.43 Å². The van der Waals surface area contributed by atoms with Gasteiger partial charge < -0.3 is 14.4 Å². The number of nitrogens with one attached hydrogen (secondary N) is 1. The Morgan fingerprint density at radius 2 is 2.11 bits per heavy atom. The number of likely N-dealkylation sites (N-methyl/N-ethyl adjacent to an activating group) is 1. The number of hydrogen-bond acceptors (Lipinski definition) is 4. The minimum atomic E-state index is -0.317. The summed E-state index contributed by atoms with van der Waals surface area (Å²) in [6, 6.07) is 5.29. The molecule has 1 rings (SSSR count). The Morgan fingerprint density at radius 1 is 1.39 bits per heavy atom. The fraction of sp³-hybridized carbons (Fsp3) is 0.417. The number of hydrazine groups is 1. The molecule has 1 aromatic carbocycles. The monoisotopic (exact) mass is 253 g/mol. The van der Waals surface area contributed by atoms with Crippen LogP contribution < -0.4 is 20.7 Å². The third-order valence-electron chi connectivity index (χ3n) is 2.68. The average molecular weight is 253 g/mol. The number of nitrogens with two attached hydrogens (primary N) is 1. The van der Waals surface area contributed by atoms with Gasteiger partial charge in [-0.25, -0.2) is 10.6 Å². The van der Waals surface area contributed by atoms with Gasteiger partial charge in [-0.15, -0.1) is 0 Å². The quantitative estimate of drug-likeness (QED) is 0.461. The maximum Gasteiger partial charge on any atom is 0.331 e. The average Bonchev–Trinajstić information content (AvgIpc) is 2.43. The molecule has 3 N–H and O–H groups in total. The van der Waals surface area contributed by atoms with Gasteiger partial charge in [0.05, 0.1) is 14.2 Å². The molecule has 0 aromatic heterocycles. The molecule has 0 atom stereocenters. The Balaban J connectivity index is 2.69. The van der Waals surface area contributed by atoms with Crippen LogP contribution in [0.2, 0.25) is 0 Å². The third-order valence-corrected chi connectivity index (χ3v) is 2.68. The number of benzene rings is 1. The van der Waals surface area contributed by atoms with E-state index < -0.39 is 0 Å². The minimum Gasteiger partial charge on any atom is -0.497 e. The van der Waals surface area contributed by atoms with E-state index in [-0.39, 0.29) is 6.03 Å². The van der Waals surface area contributed by atoms with Crippen LogP contribution in [0, 0.1) is 0 Å². The first kappa shape index (κ1) is 14.1. The molecule has 6 heteroatoms.